The van der Waals surface area contributed by atoms with Gasteiger partial charge in [0.05, 0.1) is 25.4 Å². The maximum Gasteiger partial charge on any atom is 0.407 e. The molecule has 0 radical (unpaired) electrons. The number of aliphatic hydroxyl groups is 1. The van der Waals surface area contributed by atoms with Gasteiger partial charge in [0, 0.05) is 6.54 Å². The Labute approximate surface area is 137 Å². The molecule has 0 fully saturated rings. The highest BCUT2D eigenvalue weighted by Crippen LogP contribution is 2.29. The summed E-state index contributed by atoms with van der Waals surface area (Å²) in [6.07, 6.45) is 4.22. The lowest BCUT2D eigenvalue weighted by atomic mass is 10.0. The number of methoxy groups -OCH3 is 1. The van der Waals surface area contributed by atoms with Crippen LogP contribution in [-0.2, 0) is 4.74 Å². The molecule has 0 aliphatic carbocycles. The van der Waals surface area contributed by atoms with Gasteiger partial charge in [0.25, 0.3) is 0 Å². The molecule has 2 unspecified atom stereocenters. The Hall–Kier alpha value is -1.38. The number of nitrogens with one attached hydrogen (secondary N) is 2. The number of ether oxygens (including phenoxy) is 1. The minimum absolute atomic E-state index is 0.0405. The van der Waals surface area contributed by atoms with E-state index in [0.29, 0.717) is 6.54 Å². The molecule has 22 heavy (non-hydrogen) atoms. The highest BCUT2D eigenvalue weighted by Gasteiger charge is 2.35. The summed E-state index contributed by atoms with van der Waals surface area (Å²) in [6, 6.07) is -0.616. The second-order valence-electron chi connectivity index (χ2n) is 5.51. The molecule has 1 aliphatic rings. The Bertz CT molecular complexity index is 546. The molecule has 1 amide bonds. The zero-order chi connectivity index (χ0) is 16.3. The fourth-order valence-electron chi connectivity index (χ4n) is 2.51. The second-order valence-corrected chi connectivity index (χ2v) is 6.36. The molecule has 3 N–H and O–H groups in total. The number of halogens is 1. The summed E-state index contributed by atoms with van der Waals surface area (Å²) in [5.74, 6) is 0.777. The predicted molar refractivity (Wildman–Crippen MR) is 85.0 cm³/mol. The third kappa shape index (κ3) is 3.68. The van der Waals surface area contributed by atoms with Gasteiger partial charge in [-0.3, -0.25) is 4.90 Å². The van der Waals surface area contributed by atoms with Crippen molar-refractivity contribution in [3.8, 4) is 0 Å². The smallest absolute Gasteiger partial charge is 0.407 e. The van der Waals surface area contributed by atoms with E-state index in [1.54, 1.807) is 6.20 Å². The molecule has 0 aromatic carbocycles. The monoisotopic (exact) mass is 372 g/mol. The van der Waals surface area contributed by atoms with Gasteiger partial charge >= 0.3 is 6.09 Å². The first-order valence-corrected chi connectivity index (χ1v) is 7.88. The number of nitrogens with zero attached hydrogens (tertiary/aromatic N) is 2. The molecule has 0 spiro atoms. The normalized spacial score (nSPS) is 21.1. The molecular formula is C14H21BrN4O3. The van der Waals surface area contributed by atoms with Gasteiger partial charge in [0.2, 0.25) is 0 Å². The summed E-state index contributed by atoms with van der Waals surface area (Å²) in [7, 11) is 1.31. The van der Waals surface area contributed by atoms with Crippen LogP contribution in [0.1, 0.15) is 25.7 Å². The van der Waals surface area contributed by atoms with Crippen molar-refractivity contribution in [1.29, 1.82) is 0 Å². The Morgan fingerprint density at radius 2 is 2.36 bits per heavy atom. The molecule has 1 aromatic rings. The first-order valence-electron chi connectivity index (χ1n) is 7.09. The van der Waals surface area contributed by atoms with Crippen molar-refractivity contribution in [3.05, 3.63) is 28.8 Å². The Kier molecular flexibility index (Phi) is 5.60. The standard InChI is InChI=1S/C14H21BrN4O3/c1-8(2)11(18-14(21)22-3)13(20)19-6-4-5-9(19)12-16-7-10(15)17-12/h4-5,7-9,11,13,20H,6H2,1-3H3,(H,16,17)(H,18,21)/t9?,11-,13?/m0/s1. The molecule has 0 bridgehead atoms. The number of hydrogen-bond donors (Lipinski definition) is 3. The van der Waals surface area contributed by atoms with Crippen LogP contribution in [0.5, 0.6) is 0 Å². The quantitative estimate of drug-likeness (QED) is 0.685. The van der Waals surface area contributed by atoms with E-state index in [9.17, 15) is 9.90 Å². The molecule has 1 aliphatic heterocycles. The Morgan fingerprint density at radius 3 is 2.91 bits per heavy atom. The van der Waals surface area contributed by atoms with Crippen molar-refractivity contribution in [1.82, 2.24) is 20.2 Å². The first-order chi connectivity index (χ1) is 10.4. The van der Waals surface area contributed by atoms with E-state index in [1.165, 1.54) is 7.11 Å². The van der Waals surface area contributed by atoms with Gasteiger partial charge in [-0.1, -0.05) is 26.0 Å². The van der Waals surface area contributed by atoms with Gasteiger partial charge in [-0.15, -0.1) is 0 Å². The number of hydrogen-bond acceptors (Lipinski definition) is 5. The van der Waals surface area contributed by atoms with Gasteiger partial charge in [0.15, 0.2) is 0 Å². The van der Waals surface area contributed by atoms with Crippen molar-refractivity contribution in [2.75, 3.05) is 13.7 Å². The molecule has 2 rings (SSSR count). The van der Waals surface area contributed by atoms with Crippen molar-refractivity contribution in [2.45, 2.75) is 32.2 Å². The summed E-state index contributed by atoms with van der Waals surface area (Å²) in [4.78, 5) is 20.8. The van der Waals surface area contributed by atoms with Crippen LogP contribution >= 0.6 is 15.9 Å². The van der Waals surface area contributed by atoms with Crippen LogP contribution in [0.3, 0.4) is 0 Å². The Morgan fingerprint density at radius 1 is 1.64 bits per heavy atom. The third-order valence-corrected chi connectivity index (χ3v) is 4.09. The second kappa shape index (κ2) is 7.26. The van der Waals surface area contributed by atoms with Crippen molar-refractivity contribution < 1.29 is 14.6 Å². The van der Waals surface area contributed by atoms with E-state index in [-0.39, 0.29) is 12.0 Å². The average molecular weight is 373 g/mol. The highest BCUT2D eigenvalue weighted by molar-refractivity contribution is 9.10. The number of rotatable bonds is 5. The number of carbonyl (C=O) groups is 1. The van der Waals surface area contributed by atoms with Crippen molar-refractivity contribution in [3.63, 3.8) is 0 Å². The molecule has 122 valence electrons. The van der Waals surface area contributed by atoms with Crippen LogP contribution in [0.4, 0.5) is 4.79 Å². The molecular weight excluding hydrogens is 352 g/mol. The van der Waals surface area contributed by atoms with E-state index >= 15 is 0 Å². The lowest BCUT2D eigenvalue weighted by Gasteiger charge is -2.35. The van der Waals surface area contributed by atoms with Crippen LogP contribution in [0, 0.1) is 5.92 Å². The number of carbonyl (C=O) groups excluding carboxylic acids is 1. The number of alkyl carbamates (subject to hydrolysis) is 1. The maximum absolute atomic E-state index is 11.5. The van der Waals surface area contributed by atoms with Crippen molar-refractivity contribution in [2.24, 2.45) is 5.92 Å². The molecule has 7 nitrogen and oxygen atoms in total. The van der Waals surface area contributed by atoms with E-state index < -0.39 is 18.4 Å². The molecule has 2 heterocycles. The zero-order valence-corrected chi connectivity index (χ0v) is 14.4. The molecule has 3 atom stereocenters. The van der Waals surface area contributed by atoms with Crippen LogP contribution in [0.25, 0.3) is 0 Å². The summed E-state index contributed by atoms with van der Waals surface area (Å²) < 4.78 is 5.42. The van der Waals surface area contributed by atoms with Crippen LogP contribution in [0.15, 0.2) is 23.0 Å². The summed E-state index contributed by atoms with van der Waals surface area (Å²) in [5, 5.41) is 13.4. The fraction of sp³-hybridized carbons (Fsp3) is 0.571. The summed E-state index contributed by atoms with van der Waals surface area (Å²) in [6.45, 7) is 4.45. The predicted octanol–water partition coefficient (Wildman–Crippen LogP) is 1.78. The lowest BCUT2D eigenvalue weighted by molar-refractivity contribution is -0.0394. The van der Waals surface area contributed by atoms with E-state index in [0.717, 1.165) is 10.4 Å². The summed E-state index contributed by atoms with van der Waals surface area (Å²) in [5.41, 5.74) is 0. The van der Waals surface area contributed by atoms with Crippen LogP contribution in [-0.4, -0.2) is 52.0 Å². The number of imidazole rings is 1. The lowest BCUT2D eigenvalue weighted by Crippen LogP contribution is -2.54. The SMILES string of the molecule is COC(=O)N[C@@H](C(C)C)C(O)N1CC=CC1c1ncc(Br)[nH]1. The van der Waals surface area contributed by atoms with Gasteiger partial charge < -0.3 is 20.1 Å². The van der Waals surface area contributed by atoms with E-state index in [1.807, 2.05) is 30.9 Å². The summed E-state index contributed by atoms with van der Waals surface area (Å²) >= 11 is 3.33. The highest BCUT2D eigenvalue weighted by atomic mass is 79.9. The first kappa shape index (κ1) is 17.0. The molecule has 0 saturated carbocycles. The van der Waals surface area contributed by atoms with Crippen LogP contribution < -0.4 is 5.32 Å². The van der Waals surface area contributed by atoms with Gasteiger partial charge in [0.1, 0.15) is 16.7 Å². The van der Waals surface area contributed by atoms with E-state index in [4.69, 9.17) is 0 Å². The number of H-pyrrole nitrogens is 1. The number of aromatic amines is 1. The number of amides is 1. The van der Waals surface area contributed by atoms with Gasteiger partial charge in [-0.25, -0.2) is 9.78 Å². The number of aliphatic hydroxyl groups excluding tert-OH is 1. The van der Waals surface area contributed by atoms with E-state index in [2.05, 4.69) is 36.0 Å². The van der Waals surface area contributed by atoms with Crippen LogP contribution in [0.2, 0.25) is 0 Å². The topological polar surface area (TPSA) is 90.5 Å². The minimum Gasteiger partial charge on any atom is -0.453 e. The largest absolute Gasteiger partial charge is 0.453 e. The van der Waals surface area contributed by atoms with Gasteiger partial charge in [-0.05, 0) is 21.8 Å². The minimum atomic E-state index is -0.858. The third-order valence-electron chi connectivity index (χ3n) is 3.69. The molecule has 0 saturated heterocycles. The fourth-order valence-corrected chi connectivity index (χ4v) is 2.81. The van der Waals surface area contributed by atoms with Crippen molar-refractivity contribution >= 4 is 22.0 Å². The molecule has 8 heteroatoms. The average Bonchev–Trinajstić information content (AvgIpc) is 3.11. The number of aromatic nitrogens is 2. The zero-order valence-electron chi connectivity index (χ0n) is 12.8. The maximum atomic E-state index is 11.5. The molecule has 1 aromatic heterocycles. The Balaban J connectivity index is 2.15. The van der Waals surface area contributed by atoms with Gasteiger partial charge in [-0.2, -0.15) is 0 Å².